The van der Waals surface area contributed by atoms with Crippen LogP contribution in [0.5, 0.6) is 0 Å². The van der Waals surface area contributed by atoms with Gasteiger partial charge in [-0.3, -0.25) is 0 Å². The smallest absolute Gasteiger partial charge is 0.135 e. The summed E-state index contributed by atoms with van der Waals surface area (Å²) in [6.45, 7) is 3.93. The summed E-state index contributed by atoms with van der Waals surface area (Å²) in [5.41, 5.74) is 0.129. The minimum atomic E-state index is -0.179. The van der Waals surface area contributed by atoms with Crippen molar-refractivity contribution in [3.63, 3.8) is 0 Å². The van der Waals surface area contributed by atoms with Crippen molar-refractivity contribution < 1.29 is 9.47 Å². The Morgan fingerprint density at radius 3 is 1.80 bits per heavy atom. The van der Waals surface area contributed by atoms with Crippen LogP contribution in [0.4, 0.5) is 0 Å². The largest absolute Gasteiger partial charge is 0.384 e. The van der Waals surface area contributed by atoms with Gasteiger partial charge in [-0.15, -0.1) is 0 Å². The van der Waals surface area contributed by atoms with Crippen molar-refractivity contribution in [2.45, 2.75) is 47.6 Å². The maximum atomic E-state index is 5.58. The van der Waals surface area contributed by atoms with E-state index in [2.05, 4.69) is 54.7 Å². The lowest BCUT2D eigenvalue weighted by Crippen LogP contribution is -2.41. The molecule has 0 amide bonds. The van der Waals surface area contributed by atoms with Gasteiger partial charge in [-0.1, -0.05) is 67.6 Å². The zero-order chi connectivity index (χ0) is 15.2. The molecule has 1 aliphatic carbocycles. The Balaban J connectivity index is 2.80. The molecule has 0 bridgehead atoms. The quantitative estimate of drug-likeness (QED) is 0.436. The molecule has 0 saturated heterocycles. The van der Waals surface area contributed by atoms with Crippen LogP contribution in [0.1, 0.15) is 45.4 Å². The normalized spacial score (nSPS) is 24.9. The highest BCUT2D eigenvalue weighted by Crippen LogP contribution is 2.48. The Kier molecular flexibility index (Phi) is 8.59. The van der Waals surface area contributed by atoms with Gasteiger partial charge in [0, 0.05) is 19.6 Å². The third kappa shape index (κ3) is 6.23. The fraction of sp³-hybridized carbons (Fsp3) is 1.00. The zero-order valence-electron chi connectivity index (χ0n) is 12.8. The molecule has 0 aromatic carbocycles. The first-order chi connectivity index (χ1) is 9.33. The summed E-state index contributed by atoms with van der Waals surface area (Å²) in [7, 11) is 3.61. The molecule has 5 heteroatoms. The maximum absolute atomic E-state index is 5.58. The van der Waals surface area contributed by atoms with E-state index in [-0.39, 0.29) is 7.56 Å². The van der Waals surface area contributed by atoms with E-state index in [4.69, 9.17) is 9.47 Å². The highest BCUT2D eigenvalue weighted by molar-refractivity contribution is 9.39. The number of alkyl halides is 3. The molecule has 0 aliphatic heterocycles. The molecule has 0 spiro atoms. The average molecular weight is 479 g/mol. The van der Waals surface area contributed by atoms with Gasteiger partial charge < -0.3 is 9.47 Å². The summed E-state index contributed by atoms with van der Waals surface area (Å²) in [5.74, 6) is 1.57. The highest BCUT2D eigenvalue weighted by atomic mass is 80.0. The molecule has 2 nitrogen and oxygen atoms in total. The van der Waals surface area contributed by atoms with Crippen LogP contribution in [0.25, 0.3) is 0 Å². The van der Waals surface area contributed by atoms with Crippen LogP contribution in [0.15, 0.2) is 0 Å². The molecule has 1 aliphatic rings. The van der Waals surface area contributed by atoms with Crippen molar-refractivity contribution in [1.82, 2.24) is 0 Å². The molecule has 0 heterocycles. The number of hydrogen-bond donors (Lipinski definition) is 0. The molecule has 1 fully saturated rings. The fourth-order valence-corrected chi connectivity index (χ4v) is 4.06. The molecule has 0 N–H and O–H groups in total. The summed E-state index contributed by atoms with van der Waals surface area (Å²) in [4.78, 5) is 0. The summed E-state index contributed by atoms with van der Waals surface area (Å²) >= 11 is 10.9. The van der Waals surface area contributed by atoms with Gasteiger partial charge in [0.1, 0.15) is 2.14 Å². The molecule has 0 radical (unpaired) electrons. The minimum Gasteiger partial charge on any atom is -0.384 e. The predicted octanol–water partition coefficient (Wildman–Crippen LogP) is 5.71. The first-order valence-electron chi connectivity index (χ1n) is 7.37. The predicted molar refractivity (Wildman–Crippen MR) is 96.1 cm³/mol. The lowest BCUT2D eigenvalue weighted by molar-refractivity contribution is -0.0501. The summed E-state index contributed by atoms with van der Waals surface area (Å²) in [6, 6.07) is 0. The van der Waals surface area contributed by atoms with Crippen molar-refractivity contribution in [3.05, 3.63) is 0 Å². The van der Waals surface area contributed by atoms with Crippen LogP contribution >= 0.6 is 47.8 Å². The van der Waals surface area contributed by atoms with Gasteiger partial charge in [0.25, 0.3) is 0 Å². The van der Waals surface area contributed by atoms with E-state index in [9.17, 15) is 0 Å². The van der Waals surface area contributed by atoms with Crippen LogP contribution in [0.3, 0.4) is 0 Å². The SMILES string of the molecule is COCC(CCC(Br)(Br)Br)(COC)C1CCC(C)CC1. The lowest BCUT2D eigenvalue weighted by atomic mass is 9.65. The Hall–Kier alpha value is 1.36. The van der Waals surface area contributed by atoms with Crippen molar-refractivity contribution in [1.29, 1.82) is 0 Å². The van der Waals surface area contributed by atoms with Gasteiger partial charge in [-0.25, -0.2) is 0 Å². The summed E-state index contributed by atoms with van der Waals surface area (Å²) in [5, 5.41) is 0. The Morgan fingerprint density at radius 1 is 0.900 bits per heavy atom. The van der Waals surface area contributed by atoms with E-state index in [0.717, 1.165) is 32.0 Å². The second-order valence-corrected chi connectivity index (χ2v) is 13.6. The Morgan fingerprint density at radius 2 is 1.40 bits per heavy atom. The van der Waals surface area contributed by atoms with E-state index >= 15 is 0 Å². The van der Waals surface area contributed by atoms with Gasteiger partial charge in [0.05, 0.1) is 13.2 Å². The van der Waals surface area contributed by atoms with Gasteiger partial charge in [-0.05, 0) is 37.5 Å². The van der Waals surface area contributed by atoms with Crippen LogP contribution in [-0.4, -0.2) is 29.6 Å². The number of ether oxygens (including phenoxy) is 2. The number of rotatable bonds is 7. The second kappa shape index (κ2) is 8.85. The van der Waals surface area contributed by atoms with Crippen LogP contribution in [0, 0.1) is 17.3 Å². The standard InChI is InChI=1S/C15H27Br3O2/c1-12-4-6-13(7-5-12)14(10-19-2,11-20-3)8-9-15(16,17)18/h12-13H,4-11H2,1-3H3. The van der Waals surface area contributed by atoms with Crippen LogP contribution in [-0.2, 0) is 9.47 Å². The molecule has 1 rings (SSSR count). The number of halogens is 3. The molecular formula is C15H27Br3O2. The third-order valence-electron chi connectivity index (χ3n) is 4.65. The molecule has 0 unspecified atom stereocenters. The van der Waals surface area contributed by atoms with Crippen molar-refractivity contribution in [3.8, 4) is 0 Å². The highest BCUT2D eigenvalue weighted by Gasteiger charge is 2.41. The monoisotopic (exact) mass is 476 g/mol. The van der Waals surface area contributed by atoms with Crippen molar-refractivity contribution in [2.75, 3.05) is 27.4 Å². The lowest BCUT2D eigenvalue weighted by Gasteiger charge is -2.43. The summed E-state index contributed by atoms with van der Waals surface area (Å²) < 4.78 is 11.0. The van der Waals surface area contributed by atoms with E-state index < -0.39 is 0 Å². The van der Waals surface area contributed by atoms with Crippen LogP contribution < -0.4 is 0 Å². The first-order valence-corrected chi connectivity index (χ1v) is 9.75. The Bertz CT molecular complexity index is 265. The molecule has 0 atom stereocenters. The van der Waals surface area contributed by atoms with E-state index in [1.54, 1.807) is 14.2 Å². The Labute approximate surface area is 149 Å². The van der Waals surface area contributed by atoms with E-state index in [1.165, 1.54) is 25.7 Å². The third-order valence-corrected chi connectivity index (χ3v) is 5.84. The number of hydrogen-bond acceptors (Lipinski definition) is 2. The van der Waals surface area contributed by atoms with E-state index in [1.807, 2.05) is 0 Å². The number of methoxy groups -OCH3 is 2. The minimum absolute atomic E-state index is 0.129. The average Bonchev–Trinajstić information content (AvgIpc) is 2.36. The first kappa shape index (κ1) is 19.4. The maximum Gasteiger partial charge on any atom is 0.135 e. The van der Waals surface area contributed by atoms with Gasteiger partial charge >= 0.3 is 0 Å². The fourth-order valence-electron chi connectivity index (χ4n) is 3.46. The van der Waals surface area contributed by atoms with Gasteiger partial charge in [0.15, 0.2) is 0 Å². The topological polar surface area (TPSA) is 18.5 Å². The zero-order valence-corrected chi connectivity index (χ0v) is 17.5. The second-order valence-electron chi connectivity index (χ2n) is 6.30. The molecule has 0 aromatic rings. The van der Waals surface area contributed by atoms with Gasteiger partial charge in [0.2, 0.25) is 0 Å². The molecule has 1 saturated carbocycles. The summed E-state index contributed by atoms with van der Waals surface area (Å²) in [6.07, 6.45) is 7.34. The molecule has 0 aromatic heterocycles. The molecular weight excluding hydrogens is 452 g/mol. The molecule has 120 valence electrons. The molecule has 20 heavy (non-hydrogen) atoms. The van der Waals surface area contributed by atoms with Crippen molar-refractivity contribution in [2.24, 2.45) is 17.3 Å². The van der Waals surface area contributed by atoms with Crippen molar-refractivity contribution >= 4 is 47.8 Å². The van der Waals surface area contributed by atoms with Gasteiger partial charge in [-0.2, -0.15) is 0 Å². The van der Waals surface area contributed by atoms with Crippen LogP contribution in [0.2, 0.25) is 0 Å². The van der Waals surface area contributed by atoms with E-state index in [0.29, 0.717) is 5.92 Å².